The fourth-order valence-electron chi connectivity index (χ4n) is 1.70. The normalized spacial score (nSPS) is 10.1. The van der Waals surface area contributed by atoms with Crippen LogP contribution >= 0.6 is 12.2 Å². The van der Waals surface area contributed by atoms with Crippen LogP contribution in [0.3, 0.4) is 0 Å². The van der Waals surface area contributed by atoms with E-state index >= 15 is 0 Å². The molecule has 3 N–H and O–H groups in total. The summed E-state index contributed by atoms with van der Waals surface area (Å²) in [7, 11) is 0. The second kappa shape index (κ2) is 5.01. The van der Waals surface area contributed by atoms with Crippen molar-refractivity contribution in [2.24, 2.45) is 0 Å². The van der Waals surface area contributed by atoms with Crippen molar-refractivity contribution < 1.29 is 9.90 Å². The Morgan fingerprint density at radius 3 is 2.67 bits per heavy atom. The highest BCUT2D eigenvalue weighted by Gasteiger charge is 2.08. The summed E-state index contributed by atoms with van der Waals surface area (Å²) in [6, 6.07) is 11.0. The van der Waals surface area contributed by atoms with Crippen LogP contribution in [0.2, 0.25) is 0 Å². The Labute approximate surface area is 110 Å². The summed E-state index contributed by atoms with van der Waals surface area (Å²) in [6.45, 7) is 1.37. The first-order valence-corrected chi connectivity index (χ1v) is 5.78. The number of hydrogen-bond donors (Lipinski definition) is 3. The Morgan fingerprint density at radius 2 is 1.94 bits per heavy atom. The second-order valence-corrected chi connectivity index (χ2v) is 4.22. The number of nitrogens with one attached hydrogen (secondary N) is 2. The highest BCUT2D eigenvalue weighted by atomic mass is 32.1. The predicted molar refractivity (Wildman–Crippen MR) is 75.7 cm³/mol. The number of anilines is 1. The monoisotopic (exact) mass is 260 g/mol. The zero-order chi connectivity index (χ0) is 13.1. The fraction of sp³-hybridized carbons (Fsp3) is 0.0769. The molecule has 0 aromatic heterocycles. The minimum Gasteiger partial charge on any atom is -0.506 e. The predicted octanol–water partition coefficient (Wildman–Crippen LogP) is 2.38. The van der Waals surface area contributed by atoms with Gasteiger partial charge in [0, 0.05) is 12.3 Å². The van der Waals surface area contributed by atoms with Gasteiger partial charge in [-0.2, -0.15) is 0 Å². The van der Waals surface area contributed by atoms with E-state index in [2.05, 4.69) is 10.6 Å². The molecule has 0 unspecified atom stereocenters. The Hall–Kier alpha value is -2.14. The Balaban J connectivity index is 2.40. The van der Waals surface area contributed by atoms with E-state index in [0.717, 1.165) is 10.8 Å². The minimum absolute atomic E-state index is 0.0846. The molecule has 0 aliphatic heterocycles. The molecule has 0 aliphatic rings. The smallest absolute Gasteiger partial charge is 0.222 e. The van der Waals surface area contributed by atoms with Crippen molar-refractivity contribution in [3.05, 3.63) is 36.4 Å². The highest BCUT2D eigenvalue weighted by Crippen LogP contribution is 2.32. The first-order valence-electron chi connectivity index (χ1n) is 5.37. The first kappa shape index (κ1) is 12.3. The first-order chi connectivity index (χ1) is 8.58. The molecule has 0 saturated heterocycles. The molecule has 2 aromatic rings. The average molecular weight is 260 g/mol. The van der Waals surface area contributed by atoms with Gasteiger partial charge in [-0.1, -0.05) is 30.3 Å². The molecule has 0 heterocycles. The lowest BCUT2D eigenvalue weighted by Crippen LogP contribution is -2.32. The molecule has 0 aliphatic carbocycles. The lowest BCUT2D eigenvalue weighted by atomic mass is 10.1. The van der Waals surface area contributed by atoms with Crippen molar-refractivity contribution in [3.8, 4) is 5.75 Å². The van der Waals surface area contributed by atoms with Crippen molar-refractivity contribution in [3.63, 3.8) is 0 Å². The number of carbonyl (C=O) groups excluding carboxylic acids is 1. The Kier molecular flexibility index (Phi) is 3.43. The zero-order valence-electron chi connectivity index (χ0n) is 9.73. The second-order valence-electron chi connectivity index (χ2n) is 3.82. The van der Waals surface area contributed by atoms with E-state index in [1.807, 2.05) is 30.3 Å². The van der Waals surface area contributed by atoms with Gasteiger partial charge >= 0.3 is 0 Å². The van der Waals surface area contributed by atoms with Crippen LogP contribution in [-0.2, 0) is 4.79 Å². The molecule has 0 radical (unpaired) electrons. The third-order valence-corrected chi connectivity index (χ3v) is 2.64. The standard InChI is InChI=1S/C13H12N2O2S/c1-8(16)14-13(18)15-12-10-5-3-2-4-9(10)6-7-11(12)17/h2-7,17H,1H3,(H2,14,15,16,18). The van der Waals surface area contributed by atoms with E-state index in [4.69, 9.17) is 12.2 Å². The van der Waals surface area contributed by atoms with Gasteiger partial charge in [0.15, 0.2) is 5.11 Å². The van der Waals surface area contributed by atoms with Crippen LogP contribution < -0.4 is 10.6 Å². The molecule has 92 valence electrons. The summed E-state index contributed by atoms with van der Waals surface area (Å²) in [5, 5.41) is 17.1. The molecule has 0 bridgehead atoms. The van der Waals surface area contributed by atoms with E-state index < -0.39 is 0 Å². The van der Waals surface area contributed by atoms with Crippen LogP contribution in [-0.4, -0.2) is 16.1 Å². The van der Waals surface area contributed by atoms with Gasteiger partial charge in [0.05, 0.1) is 5.69 Å². The number of aromatic hydroxyl groups is 1. The number of benzene rings is 2. The van der Waals surface area contributed by atoms with Crippen LogP contribution in [0.15, 0.2) is 36.4 Å². The Morgan fingerprint density at radius 1 is 1.22 bits per heavy atom. The summed E-state index contributed by atoms with van der Waals surface area (Å²) in [5.41, 5.74) is 0.492. The number of fused-ring (bicyclic) bond motifs is 1. The maximum absolute atomic E-state index is 10.9. The lowest BCUT2D eigenvalue weighted by molar-refractivity contribution is -0.117. The van der Waals surface area contributed by atoms with Gasteiger partial charge < -0.3 is 15.7 Å². The van der Waals surface area contributed by atoms with E-state index in [9.17, 15) is 9.90 Å². The third kappa shape index (κ3) is 2.57. The van der Waals surface area contributed by atoms with E-state index in [0.29, 0.717) is 5.69 Å². The van der Waals surface area contributed by atoms with Crippen molar-refractivity contribution in [2.45, 2.75) is 6.92 Å². The van der Waals surface area contributed by atoms with Crippen LogP contribution in [0.4, 0.5) is 5.69 Å². The van der Waals surface area contributed by atoms with Crippen LogP contribution in [0.25, 0.3) is 10.8 Å². The number of rotatable bonds is 1. The molecule has 2 aromatic carbocycles. The average Bonchev–Trinajstić information content (AvgIpc) is 2.32. The summed E-state index contributed by atoms with van der Waals surface area (Å²) in [4.78, 5) is 10.9. The number of carbonyl (C=O) groups is 1. The number of thiocarbonyl (C=S) groups is 1. The van der Waals surface area contributed by atoms with Crippen molar-refractivity contribution in [1.29, 1.82) is 0 Å². The quantitative estimate of drug-likeness (QED) is 0.544. The molecular formula is C13H12N2O2S. The van der Waals surface area contributed by atoms with Crippen LogP contribution in [0, 0.1) is 0 Å². The minimum atomic E-state index is -0.257. The van der Waals surface area contributed by atoms with Gasteiger partial charge in [-0.3, -0.25) is 4.79 Å². The summed E-state index contributed by atoms with van der Waals surface area (Å²) >= 11 is 4.98. The maximum Gasteiger partial charge on any atom is 0.222 e. The van der Waals surface area contributed by atoms with Crippen LogP contribution in [0.1, 0.15) is 6.92 Å². The molecular weight excluding hydrogens is 248 g/mol. The van der Waals surface area contributed by atoms with E-state index in [-0.39, 0.29) is 16.8 Å². The summed E-state index contributed by atoms with van der Waals surface area (Å²) in [6.07, 6.45) is 0. The van der Waals surface area contributed by atoms with Gasteiger partial charge in [-0.15, -0.1) is 0 Å². The Bertz CT molecular complexity index is 625. The van der Waals surface area contributed by atoms with Crippen molar-refractivity contribution in [1.82, 2.24) is 5.32 Å². The zero-order valence-corrected chi connectivity index (χ0v) is 10.5. The molecule has 0 saturated carbocycles. The number of amides is 1. The molecule has 18 heavy (non-hydrogen) atoms. The lowest BCUT2D eigenvalue weighted by Gasteiger charge is -2.12. The van der Waals surface area contributed by atoms with Crippen molar-refractivity contribution in [2.75, 3.05) is 5.32 Å². The number of hydrogen-bond acceptors (Lipinski definition) is 3. The number of phenols is 1. The molecule has 0 fully saturated rings. The van der Waals surface area contributed by atoms with Gasteiger partial charge in [-0.25, -0.2) is 0 Å². The van der Waals surface area contributed by atoms with E-state index in [1.165, 1.54) is 6.92 Å². The molecule has 1 amide bonds. The van der Waals surface area contributed by atoms with Gasteiger partial charge in [0.25, 0.3) is 0 Å². The van der Waals surface area contributed by atoms with Crippen molar-refractivity contribution >= 4 is 39.7 Å². The largest absolute Gasteiger partial charge is 0.506 e. The number of phenolic OH excluding ortho intramolecular Hbond substituents is 1. The van der Waals surface area contributed by atoms with Crippen LogP contribution in [0.5, 0.6) is 5.75 Å². The highest BCUT2D eigenvalue weighted by molar-refractivity contribution is 7.80. The van der Waals surface area contributed by atoms with Gasteiger partial charge in [-0.05, 0) is 23.7 Å². The maximum atomic E-state index is 10.9. The SMILES string of the molecule is CC(=O)NC(=S)Nc1c(O)ccc2ccccc12. The van der Waals surface area contributed by atoms with Gasteiger partial charge in [0.1, 0.15) is 5.75 Å². The van der Waals surface area contributed by atoms with Gasteiger partial charge in [0.2, 0.25) is 5.91 Å². The molecule has 4 nitrogen and oxygen atoms in total. The van der Waals surface area contributed by atoms with E-state index in [1.54, 1.807) is 6.07 Å². The topological polar surface area (TPSA) is 61.4 Å². The molecule has 0 spiro atoms. The molecule has 2 rings (SSSR count). The fourth-order valence-corrected chi connectivity index (χ4v) is 1.94. The summed E-state index contributed by atoms with van der Waals surface area (Å²) in [5.74, 6) is -0.173. The summed E-state index contributed by atoms with van der Waals surface area (Å²) < 4.78 is 0. The third-order valence-electron chi connectivity index (χ3n) is 2.44. The molecule has 5 heteroatoms. The molecule has 0 atom stereocenters.